The lowest BCUT2D eigenvalue weighted by Crippen LogP contribution is -1.97. The maximum Gasteiger partial charge on any atom is 0.160 e. The monoisotopic (exact) mass is 326 g/mol. The van der Waals surface area contributed by atoms with Crippen LogP contribution in [0.25, 0.3) is 11.1 Å². The fourth-order valence-corrected chi connectivity index (χ4v) is 2.23. The number of benzene rings is 2. The van der Waals surface area contributed by atoms with E-state index in [4.69, 9.17) is 11.6 Å². The van der Waals surface area contributed by atoms with Crippen LogP contribution in [0.1, 0.15) is 17.3 Å². The number of ketones is 1. The Labute approximate surface area is 118 Å². The Bertz CT molecular complexity index is 625. The van der Waals surface area contributed by atoms with Crippen LogP contribution in [0.5, 0.6) is 0 Å². The highest BCUT2D eigenvalue weighted by Crippen LogP contribution is 2.34. The SMILES string of the molecule is CC(=O)c1ccccc1-c1ccc(Br)c(Cl)c1F. The predicted octanol–water partition coefficient (Wildman–Crippen LogP) is 5.11. The second-order valence-electron chi connectivity index (χ2n) is 3.82. The van der Waals surface area contributed by atoms with Gasteiger partial charge >= 0.3 is 0 Å². The number of hydrogen-bond acceptors (Lipinski definition) is 1. The Hall–Kier alpha value is -1.19. The molecule has 0 amide bonds. The van der Waals surface area contributed by atoms with E-state index in [9.17, 15) is 9.18 Å². The molecule has 1 nitrogen and oxygen atoms in total. The molecule has 0 unspecified atom stereocenters. The Morgan fingerprint density at radius 2 is 1.83 bits per heavy atom. The summed E-state index contributed by atoms with van der Waals surface area (Å²) in [7, 11) is 0. The minimum atomic E-state index is -0.528. The van der Waals surface area contributed by atoms with Gasteiger partial charge in [-0.3, -0.25) is 4.79 Å². The van der Waals surface area contributed by atoms with E-state index in [0.717, 1.165) is 0 Å². The largest absolute Gasteiger partial charge is 0.294 e. The maximum absolute atomic E-state index is 14.1. The zero-order valence-electron chi connectivity index (χ0n) is 9.51. The van der Waals surface area contributed by atoms with Gasteiger partial charge in [-0.25, -0.2) is 4.39 Å². The predicted molar refractivity (Wildman–Crippen MR) is 74.6 cm³/mol. The summed E-state index contributed by atoms with van der Waals surface area (Å²) < 4.78 is 14.6. The first-order valence-corrected chi connectivity index (χ1v) is 6.43. The van der Waals surface area contributed by atoms with Crippen molar-refractivity contribution < 1.29 is 9.18 Å². The molecule has 0 saturated heterocycles. The van der Waals surface area contributed by atoms with Crippen molar-refractivity contribution in [3.63, 3.8) is 0 Å². The second-order valence-corrected chi connectivity index (χ2v) is 5.06. The molecule has 2 aromatic rings. The molecule has 2 rings (SSSR count). The summed E-state index contributed by atoms with van der Waals surface area (Å²) in [4.78, 5) is 11.5. The number of carbonyl (C=O) groups excluding carboxylic acids is 1. The van der Waals surface area contributed by atoms with Gasteiger partial charge < -0.3 is 0 Å². The normalized spacial score (nSPS) is 10.4. The fourth-order valence-electron chi connectivity index (χ4n) is 1.76. The molecule has 0 fully saturated rings. The molecule has 0 atom stereocenters. The summed E-state index contributed by atoms with van der Waals surface area (Å²) >= 11 is 9.02. The van der Waals surface area contributed by atoms with Crippen LogP contribution in [0.2, 0.25) is 5.02 Å². The molecule has 4 heteroatoms. The number of rotatable bonds is 2. The Morgan fingerprint density at radius 1 is 1.17 bits per heavy atom. The van der Waals surface area contributed by atoms with Crippen LogP contribution in [0.3, 0.4) is 0 Å². The van der Waals surface area contributed by atoms with Gasteiger partial charge in [-0.2, -0.15) is 0 Å². The molecule has 18 heavy (non-hydrogen) atoms. The lowest BCUT2D eigenvalue weighted by atomic mass is 9.97. The Balaban J connectivity index is 2.70. The highest BCUT2D eigenvalue weighted by Gasteiger charge is 2.15. The van der Waals surface area contributed by atoms with Crippen molar-refractivity contribution >= 4 is 33.3 Å². The lowest BCUT2D eigenvalue weighted by Gasteiger charge is -2.09. The van der Waals surface area contributed by atoms with Gasteiger partial charge in [0.1, 0.15) is 0 Å². The number of carbonyl (C=O) groups is 1. The summed E-state index contributed by atoms with van der Waals surface area (Å²) in [6, 6.07) is 10.2. The molecule has 0 radical (unpaired) electrons. The third-order valence-corrected chi connectivity index (χ3v) is 3.89. The Kier molecular flexibility index (Phi) is 3.83. The highest BCUT2D eigenvalue weighted by atomic mass is 79.9. The molecule has 0 bridgehead atoms. The third-order valence-electron chi connectivity index (χ3n) is 2.63. The van der Waals surface area contributed by atoms with Gasteiger partial charge in [0.05, 0.1) is 5.02 Å². The molecule has 0 N–H and O–H groups in total. The topological polar surface area (TPSA) is 17.1 Å². The van der Waals surface area contributed by atoms with Gasteiger partial charge in [0.2, 0.25) is 0 Å². The number of hydrogen-bond donors (Lipinski definition) is 0. The zero-order chi connectivity index (χ0) is 13.3. The van der Waals surface area contributed by atoms with E-state index < -0.39 is 5.82 Å². The van der Waals surface area contributed by atoms with Crippen molar-refractivity contribution in [2.45, 2.75) is 6.92 Å². The van der Waals surface area contributed by atoms with Crippen molar-refractivity contribution in [3.05, 3.63) is 57.3 Å². The highest BCUT2D eigenvalue weighted by molar-refractivity contribution is 9.10. The van der Waals surface area contributed by atoms with Gasteiger partial charge in [-0.1, -0.05) is 41.9 Å². The van der Waals surface area contributed by atoms with Crippen LogP contribution in [-0.4, -0.2) is 5.78 Å². The summed E-state index contributed by atoms with van der Waals surface area (Å²) in [6.07, 6.45) is 0. The van der Waals surface area contributed by atoms with Crippen LogP contribution in [0.15, 0.2) is 40.9 Å². The second kappa shape index (κ2) is 5.21. The van der Waals surface area contributed by atoms with E-state index in [1.54, 1.807) is 36.4 Å². The van der Waals surface area contributed by atoms with E-state index in [-0.39, 0.29) is 10.8 Å². The third kappa shape index (κ3) is 2.33. The average Bonchev–Trinajstić information content (AvgIpc) is 2.36. The summed E-state index contributed by atoms with van der Waals surface area (Å²) in [5.41, 5.74) is 1.36. The van der Waals surface area contributed by atoms with Crippen molar-refractivity contribution in [1.29, 1.82) is 0 Å². The van der Waals surface area contributed by atoms with Crippen LogP contribution in [0.4, 0.5) is 4.39 Å². The first-order valence-electron chi connectivity index (χ1n) is 5.26. The summed E-state index contributed by atoms with van der Waals surface area (Å²) in [6.45, 7) is 1.46. The molecule has 0 heterocycles. The van der Waals surface area contributed by atoms with E-state index >= 15 is 0 Å². The fraction of sp³-hybridized carbons (Fsp3) is 0.0714. The standard InChI is InChI=1S/C14H9BrClFO/c1-8(18)9-4-2-3-5-10(9)11-6-7-12(15)13(16)14(11)17/h2-7H,1H3. The summed E-state index contributed by atoms with van der Waals surface area (Å²) in [5.74, 6) is -0.635. The molecule has 92 valence electrons. The molecule has 0 aliphatic carbocycles. The van der Waals surface area contributed by atoms with Crippen molar-refractivity contribution in [3.8, 4) is 11.1 Å². The molecule has 0 aromatic heterocycles. The van der Waals surface area contributed by atoms with Gasteiger partial charge in [0.25, 0.3) is 0 Å². The smallest absolute Gasteiger partial charge is 0.160 e. The van der Waals surface area contributed by atoms with E-state index in [0.29, 0.717) is 21.2 Å². The average molecular weight is 328 g/mol. The first kappa shape index (κ1) is 13.2. The zero-order valence-corrected chi connectivity index (χ0v) is 11.8. The molecular weight excluding hydrogens is 319 g/mol. The quantitative estimate of drug-likeness (QED) is 0.553. The molecular formula is C14H9BrClFO. The van der Waals surface area contributed by atoms with Crippen LogP contribution in [0, 0.1) is 5.82 Å². The van der Waals surface area contributed by atoms with Crippen LogP contribution in [-0.2, 0) is 0 Å². The van der Waals surface area contributed by atoms with Crippen molar-refractivity contribution in [2.75, 3.05) is 0 Å². The number of halogens is 3. The molecule has 0 spiro atoms. The number of Topliss-reactive ketones (excluding diaryl/α,β-unsaturated/α-hetero) is 1. The van der Waals surface area contributed by atoms with Crippen LogP contribution < -0.4 is 0 Å². The van der Waals surface area contributed by atoms with Crippen molar-refractivity contribution in [1.82, 2.24) is 0 Å². The van der Waals surface area contributed by atoms with Gasteiger partial charge in [-0.05, 0) is 34.5 Å². The molecule has 0 aliphatic heterocycles. The van der Waals surface area contributed by atoms with Crippen molar-refractivity contribution in [2.24, 2.45) is 0 Å². The molecule has 0 aliphatic rings. The molecule has 0 saturated carbocycles. The summed E-state index contributed by atoms with van der Waals surface area (Å²) in [5, 5.41) is 0.0193. The van der Waals surface area contributed by atoms with Gasteiger partial charge in [0.15, 0.2) is 11.6 Å². The van der Waals surface area contributed by atoms with Gasteiger partial charge in [0, 0.05) is 15.6 Å². The first-order chi connectivity index (χ1) is 8.52. The van der Waals surface area contributed by atoms with E-state index in [1.165, 1.54) is 6.92 Å². The van der Waals surface area contributed by atoms with Gasteiger partial charge in [-0.15, -0.1) is 0 Å². The Morgan fingerprint density at radius 3 is 2.50 bits per heavy atom. The van der Waals surface area contributed by atoms with E-state index in [2.05, 4.69) is 15.9 Å². The van der Waals surface area contributed by atoms with Crippen LogP contribution >= 0.6 is 27.5 Å². The van der Waals surface area contributed by atoms with E-state index in [1.807, 2.05) is 0 Å². The minimum absolute atomic E-state index is 0.0193. The minimum Gasteiger partial charge on any atom is -0.294 e. The molecule has 2 aromatic carbocycles. The maximum atomic E-state index is 14.1. The lowest BCUT2D eigenvalue weighted by molar-refractivity contribution is 0.101.